The van der Waals surface area contributed by atoms with Crippen molar-refractivity contribution in [1.29, 1.82) is 0 Å². The Labute approximate surface area is 165 Å². The lowest BCUT2D eigenvalue weighted by Crippen LogP contribution is -2.39. The van der Waals surface area contributed by atoms with Crippen molar-refractivity contribution < 1.29 is 14.3 Å². The first kappa shape index (κ1) is 22.4. The third-order valence-corrected chi connectivity index (χ3v) is 4.09. The maximum absolute atomic E-state index is 12.2. The second-order valence-electron chi connectivity index (χ2n) is 5.70. The second-order valence-corrected chi connectivity index (χ2v) is 5.70. The average Bonchev–Trinajstić information content (AvgIpc) is 2.63. The van der Waals surface area contributed by atoms with Gasteiger partial charge in [-0.15, -0.1) is 24.8 Å². The number of fused-ring (bicyclic) bond motifs is 1. The molecule has 144 valence electrons. The summed E-state index contributed by atoms with van der Waals surface area (Å²) in [4.78, 5) is 18.7. The topological polar surface area (TPSA) is 89.7 Å². The number of aromatic nitrogens is 1. The fourth-order valence-corrected chi connectivity index (χ4v) is 2.84. The Bertz CT molecular complexity index is 726. The molecule has 3 N–H and O–H groups in total. The van der Waals surface area contributed by atoms with Crippen molar-refractivity contribution in [3.63, 3.8) is 0 Å². The molecule has 2 heterocycles. The number of hydrogen-bond donors (Lipinski definition) is 2. The van der Waals surface area contributed by atoms with Crippen molar-refractivity contribution in [3.05, 3.63) is 30.6 Å². The Morgan fingerprint density at radius 1 is 1.31 bits per heavy atom. The van der Waals surface area contributed by atoms with Crippen LogP contribution in [0, 0.1) is 0 Å². The minimum Gasteiger partial charge on any atom is -0.383 e. The number of rotatable bonds is 5. The molecule has 1 aromatic heterocycles. The number of amides is 1. The molecule has 3 rings (SSSR count). The summed E-state index contributed by atoms with van der Waals surface area (Å²) in [5, 5.41) is 4.81. The normalized spacial score (nSPS) is 14.9. The van der Waals surface area contributed by atoms with Gasteiger partial charge in [0.1, 0.15) is 6.04 Å². The van der Waals surface area contributed by atoms with E-state index in [1.54, 1.807) is 12.4 Å². The Hall–Kier alpha value is -1.64. The minimum absolute atomic E-state index is 0. The molecule has 1 unspecified atom stereocenters. The van der Waals surface area contributed by atoms with Crippen LogP contribution in [0.2, 0.25) is 0 Å². The van der Waals surface area contributed by atoms with E-state index in [0.717, 1.165) is 42.8 Å². The van der Waals surface area contributed by atoms with E-state index in [4.69, 9.17) is 15.2 Å². The molecule has 26 heavy (non-hydrogen) atoms. The number of nitrogens with one attached hydrogen (secondary N) is 1. The molecule has 0 aliphatic carbocycles. The molecule has 2 aromatic rings. The van der Waals surface area contributed by atoms with E-state index in [2.05, 4.69) is 15.2 Å². The Morgan fingerprint density at radius 2 is 2.04 bits per heavy atom. The van der Waals surface area contributed by atoms with E-state index in [-0.39, 0.29) is 37.3 Å². The van der Waals surface area contributed by atoms with Gasteiger partial charge in [-0.05, 0) is 18.2 Å². The third-order valence-electron chi connectivity index (χ3n) is 4.09. The summed E-state index contributed by atoms with van der Waals surface area (Å²) in [5.74, 6) is -0.277. The molecule has 1 aliphatic heterocycles. The molecular weight excluding hydrogens is 379 g/mol. The molecule has 1 amide bonds. The Balaban J connectivity index is 0.00000169. The number of nitrogens with two attached hydrogens (primary N) is 1. The number of carbonyl (C=O) groups is 1. The Morgan fingerprint density at radius 3 is 2.73 bits per heavy atom. The van der Waals surface area contributed by atoms with Crippen molar-refractivity contribution in [2.45, 2.75) is 6.04 Å². The first-order valence-electron chi connectivity index (χ1n) is 7.95. The zero-order valence-corrected chi connectivity index (χ0v) is 16.1. The average molecular weight is 403 g/mol. The van der Waals surface area contributed by atoms with Crippen LogP contribution < -0.4 is 16.0 Å². The van der Waals surface area contributed by atoms with Crippen LogP contribution in [0.5, 0.6) is 0 Å². The predicted octanol–water partition coefficient (Wildman–Crippen LogP) is 1.83. The van der Waals surface area contributed by atoms with Gasteiger partial charge in [0, 0.05) is 49.1 Å². The third kappa shape index (κ3) is 4.96. The SMILES string of the molecule is COCC(N)C(=O)Nc1ccc(N2CCOCC2)c2ccncc12.Cl.Cl. The van der Waals surface area contributed by atoms with E-state index >= 15 is 0 Å². The van der Waals surface area contributed by atoms with Crippen LogP contribution in [0.4, 0.5) is 11.4 Å². The van der Waals surface area contributed by atoms with Crippen molar-refractivity contribution in [2.24, 2.45) is 5.73 Å². The number of carbonyl (C=O) groups excluding carboxylic acids is 1. The fourth-order valence-electron chi connectivity index (χ4n) is 2.84. The number of pyridine rings is 1. The number of halogens is 2. The number of benzene rings is 1. The van der Waals surface area contributed by atoms with Gasteiger partial charge in [0.2, 0.25) is 5.91 Å². The quantitative estimate of drug-likeness (QED) is 0.792. The number of morpholine rings is 1. The molecule has 0 spiro atoms. The van der Waals surface area contributed by atoms with Crippen LogP contribution in [-0.2, 0) is 14.3 Å². The lowest BCUT2D eigenvalue weighted by atomic mass is 10.1. The van der Waals surface area contributed by atoms with E-state index < -0.39 is 6.04 Å². The van der Waals surface area contributed by atoms with Crippen LogP contribution >= 0.6 is 24.8 Å². The van der Waals surface area contributed by atoms with Gasteiger partial charge in [0.25, 0.3) is 0 Å². The van der Waals surface area contributed by atoms with Gasteiger partial charge in [-0.2, -0.15) is 0 Å². The molecule has 0 bridgehead atoms. The maximum atomic E-state index is 12.2. The highest BCUT2D eigenvalue weighted by molar-refractivity contribution is 6.07. The first-order chi connectivity index (χ1) is 11.7. The molecule has 1 saturated heterocycles. The number of methoxy groups -OCH3 is 1. The smallest absolute Gasteiger partial charge is 0.243 e. The van der Waals surface area contributed by atoms with Crippen molar-refractivity contribution in [1.82, 2.24) is 4.98 Å². The summed E-state index contributed by atoms with van der Waals surface area (Å²) < 4.78 is 10.4. The molecule has 9 heteroatoms. The highest BCUT2D eigenvalue weighted by Gasteiger charge is 2.18. The van der Waals surface area contributed by atoms with Gasteiger partial charge in [-0.3, -0.25) is 9.78 Å². The number of nitrogens with zero attached hydrogens (tertiary/aromatic N) is 2. The molecular formula is C17H24Cl2N4O3. The van der Waals surface area contributed by atoms with Crippen LogP contribution in [0.3, 0.4) is 0 Å². The summed E-state index contributed by atoms with van der Waals surface area (Å²) in [7, 11) is 1.52. The summed E-state index contributed by atoms with van der Waals surface area (Å²) in [6, 6.07) is 5.17. The van der Waals surface area contributed by atoms with Gasteiger partial charge < -0.3 is 25.4 Å². The second kappa shape index (κ2) is 10.5. The lowest BCUT2D eigenvalue weighted by Gasteiger charge is -2.30. The van der Waals surface area contributed by atoms with E-state index in [1.807, 2.05) is 18.2 Å². The lowest BCUT2D eigenvalue weighted by molar-refractivity contribution is -0.118. The van der Waals surface area contributed by atoms with Crippen molar-refractivity contribution >= 4 is 52.9 Å². The Kier molecular flexibility index (Phi) is 9.04. The number of ether oxygens (including phenoxy) is 2. The highest BCUT2D eigenvalue weighted by Crippen LogP contribution is 2.32. The van der Waals surface area contributed by atoms with E-state index in [0.29, 0.717) is 5.69 Å². The summed E-state index contributed by atoms with van der Waals surface area (Å²) >= 11 is 0. The standard InChI is InChI=1S/C17H22N4O3.2ClH/c1-23-11-14(18)17(22)20-15-2-3-16(21-6-8-24-9-7-21)12-4-5-19-10-13(12)15;;/h2-5,10,14H,6-9,11,18H2,1H3,(H,20,22);2*1H. The van der Waals surface area contributed by atoms with Crippen LogP contribution in [0.1, 0.15) is 0 Å². The molecule has 1 aromatic carbocycles. The van der Waals surface area contributed by atoms with Gasteiger partial charge in [0.05, 0.1) is 25.5 Å². The highest BCUT2D eigenvalue weighted by atomic mass is 35.5. The van der Waals surface area contributed by atoms with E-state index in [1.165, 1.54) is 7.11 Å². The van der Waals surface area contributed by atoms with Crippen LogP contribution in [-0.4, -0.2) is 57.0 Å². The fraction of sp³-hybridized carbons (Fsp3) is 0.412. The van der Waals surface area contributed by atoms with Gasteiger partial charge in [-0.1, -0.05) is 0 Å². The monoisotopic (exact) mass is 402 g/mol. The van der Waals surface area contributed by atoms with Gasteiger partial charge >= 0.3 is 0 Å². The zero-order chi connectivity index (χ0) is 16.9. The molecule has 1 fully saturated rings. The largest absolute Gasteiger partial charge is 0.383 e. The maximum Gasteiger partial charge on any atom is 0.243 e. The zero-order valence-electron chi connectivity index (χ0n) is 14.5. The molecule has 7 nitrogen and oxygen atoms in total. The summed E-state index contributed by atoms with van der Waals surface area (Å²) in [6.07, 6.45) is 3.52. The minimum atomic E-state index is -0.708. The molecule has 0 saturated carbocycles. The first-order valence-corrected chi connectivity index (χ1v) is 7.95. The molecule has 1 atom stereocenters. The van der Waals surface area contributed by atoms with Crippen LogP contribution in [0.15, 0.2) is 30.6 Å². The number of hydrogen-bond acceptors (Lipinski definition) is 6. The van der Waals surface area contributed by atoms with Gasteiger partial charge in [-0.25, -0.2) is 0 Å². The van der Waals surface area contributed by atoms with Crippen molar-refractivity contribution in [2.75, 3.05) is 50.2 Å². The van der Waals surface area contributed by atoms with Crippen molar-refractivity contribution in [3.8, 4) is 0 Å². The summed E-state index contributed by atoms with van der Waals surface area (Å²) in [5.41, 5.74) is 7.61. The summed E-state index contributed by atoms with van der Waals surface area (Å²) in [6.45, 7) is 3.31. The van der Waals surface area contributed by atoms with Gasteiger partial charge in [0.15, 0.2) is 0 Å². The van der Waals surface area contributed by atoms with E-state index in [9.17, 15) is 4.79 Å². The molecule has 0 radical (unpaired) electrons. The number of anilines is 2. The van der Waals surface area contributed by atoms with Crippen LogP contribution in [0.25, 0.3) is 10.8 Å². The molecule has 1 aliphatic rings. The predicted molar refractivity (Wildman–Crippen MR) is 108 cm³/mol.